The average Bonchev–Trinajstić information content (AvgIpc) is 2.47. The van der Waals surface area contributed by atoms with Crippen LogP contribution in [0.4, 0.5) is 4.79 Å². The number of aliphatic carboxylic acids is 1. The molecule has 0 saturated carbocycles. The molecule has 0 fully saturated rings. The number of hydrogen-bond donors (Lipinski definition) is 4. The third kappa shape index (κ3) is 6.13. The molecular formula is C14H20N2O5. The van der Waals surface area contributed by atoms with Crippen LogP contribution in [0.15, 0.2) is 24.3 Å². The van der Waals surface area contributed by atoms with Gasteiger partial charge in [0.2, 0.25) is 0 Å². The molecule has 0 heterocycles. The highest BCUT2D eigenvalue weighted by molar-refractivity contribution is 5.82. The van der Waals surface area contributed by atoms with Gasteiger partial charge in [0.25, 0.3) is 0 Å². The van der Waals surface area contributed by atoms with Crippen molar-refractivity contribution in [3.63, 3.8) is 0 Å². The van der Waals surface area contributed by atoms with E-state index >= 15 is 0 Å². The molecule has 0 saturated heterocycles. The molecule has 1 aromatic carbocycles. The molecule has 1 aromatic rings. The zero-order valence-corrected chi connectivity index (χ0v) is 11.8. The highest BCUT2D eigenvalue weighted by atomic mass is 16.5. The maximum atomic E-state index is 11.6. The third-order valence-electron chi connectivity index (χ3n) is 2.85. The molecule has 116 valence electrons. The van der Waals surface area contributed by atoms with Crippen LogP contribution in [0.1, 0.15) is 12.0 Å². The van der Waals surface area contributed by atoms with Gasteiger partial charge in [-0.15, -0.1) is 0 Å². The molecule has 0 bridgehead atoms. The van der Waals surface area contributed by atoms with Crippen molar-refractivity contribution < 1.29 is 24.5 Å². The van der Waals surface area contributed by atoms with Gasteiger partial charge >= 0.3 is 12.0 Å². The van der Waals surface area contributed by atoms with Crippen molar-refractivity contribution in [1.82, 2.24) is 10.6 Å². The summed E-state index contributed by atoms with van der Waals surface area (Å²) in [5.74, 6) is -0.433. The third-order valence-corrected chi connectivity index (χ3v) is 2.85. The van der Waals surface area contributed by atoms with Crippen molar-refractivity contribution in [2.45, 2.75) is 18.9 Å². The molecule has 4 N–H and O–H groups in total. The van der Waals surface area contributed by atoms with Gasteiger partial charge in [-0.25, -0.2) is 9.59 Å². The van der Waals surface area contributed by atoms with E-state index in [2.05, 4.69) is 10.6 Å². The standard InChI is InChI=1S/C14H20N2O5/c1-21-11-4-2-3-10(9-11)5-7-15-14(20)16-12(6-8-17)13(18)19/h2-4,9,12,17H,5-8H2,1H3,(H,18,19)(H2,15,16,20)/t12-/m1/s1. The average molecular weight is 296 g/mol. The number of carboxylic acid groups (broad SMARTS) is 1. The molecule has 7 heteroatoms. The summed E-state index contributed by atoms with van der Waals surface area (Å²) in [6, 6.07) is 5.80. The zero-order valence-electron chi connectivity index (χ0n) is 11.8. The zero-order chi connectivity index (χ0) is 15.7. The molecule has 21 heavy (non-hydrogen) atoms. The van der Waals surface area contributed by atoms with E-state index in [4.69, 9.17) is 14.9 Å². The Bertz CT molecular complexity index is 478. The van der Waals surface area contributed by atoms with Crippen LogP contribution in [0.5, 0.6) is 5.75 Å². The number of ether oxygens (including phenoxy) is 1. The number of benzene rings is 1. The van der Waals surface area contributed by atoms with Crippen molar-refractivity contribution in [2.24, 2.45) is 0 Å². The van der Waals surface area contributed by atoms with Crippen molar-refractivity contribution in [3.8, 4) is 5.75 Å². The van der Waals surface area contributed by atoms with Crippen molar-refractivity contribution in [1.29, 1.82) is 0 Å². The van der Waals surface area contributed by atoms with E-state index in [-0.39, 0.29) is 13.0 Å². The van der Waals surface area contributed by atoms with Gasteiger partial charge in [0.1, 0.15) is 11.8 Å². The second-order valence-corrected chi connectivity index (χ2v) is 4.40. The van der Waals surface area contributed by atoms with E-state index < -0.39 is 18.0 Å². The summed E-state index contributed by atoms with van der Waals surface area (Å²) in [7, 11) is 1.58. The Morgan fingerprint density at radius 2 is 2.14 bits per heavy atom. The molecule has 1 rings (SSSR count). The van der Waals surface area contributed by atoms with E-state index in [1.165, 1.54) is 0 Å². The smallest absolute Gasteiger partial charge is 0.326 e. The van der Waals surface area contributed by atoms with Crippen LogP contribution in [0, 0.1) is 0 Å². The van der Waals surface area contributed by atoms with Crippen LogP contribution >= 0.6 is 0 Å². The fraction of sp³-hybridized carbons (Fsp3) is 0.429. The Morgan fingerprint density at radius 1 is 1.38 bits per heavy atom. The summed E-state index contributed by atoms with van der Waals surface area (Å²) in [5, 5.41) is 22.4. The van der Waals surface area contributed by atoms with E-state index in [1.54, 1.807) is 7.11 Å². The van der Waals surface area contributed by atoms with Crippen molar-refractivity contribution in [3.05, 3.63) is 29.8 Å². The number of hydrogen-bond acceptors (Lipinski definition) is 4. The normalized spacial score (nSPS) is 11.5. The molecule has 7 nitrogen and oxygen atoms in total. The second kappa shape index (κ2) is 8.80. The minimum absolute atomic E-state index is 0.0291. The Morgan fingerprint density at radius 3 is 2.76 bits per heavy atom. The lowest BCUT2D eigenvalue weighted by atomic mass is 10.1. The number of aliphatic hydroxyl groups is 1. The first-order chi connectivity index (χ1) is 10.1. The fourth-order valence-corrected chi connectivity index (χ4v) is 1.74. The van der Waals surface area contributed by atoms with Crippen LogP contribution in [-0.4, -0.2) is 48.5 Å². The first-order valence-corrected chi connectivity index (χ1v) is 6.57. The van der Waals surface area contributed by atoms with Crippen LogP contribution in [0.25, 0.3) is 0 Å². The molecule has 0 radical (unpaired) electrons. The molecule has 0 aromatic heterocycles. The van der Waals surface area contributed by atoms with Gasteiger partial charge < -0.3 is 25.6 Å². The number of aliphatic hydroxyl groups excluding tert-OH is 1. The molecule has 0 spiro atoms. The largest absolute Gasteiger partial charge is 0.497 e. The van der Waals surface area contributed by atoms with Gasteiger partial charge in [-0.2, -0.15) is 0 Å². The van der Waals surface area contributed by atoms with Gasteiger partial charge in [-0.3, -0.25) is 0 Å². The van der Waals surface area contributed by atoms with Crippen LogP contribution in [0.2, 0.25) is 0 Å². The minimum Gasteiger partial charge on any atom is -0.497 e. The number of carboxylic acids is 1. The number of amides is 2. The summed E-state index contributed by atoms with van der Waals surface area (Å²) in [4.78, 5) is 22.4. The van der Waals surface area contributed by atoms with E-state index in [9.17, 15) is 9.59 Å². The highest BCUT2D eigenvalue weighted by Crippen LogP contribution is 2.12. The topological polar surface area (TPSA) is 108 Å². The molecule has 2 amide bonds. The SMILES string of the molecule is COc1cccc(CCNC(=O)N[C@H](CCO)C(=O)O)c1. The second-order valence-electron chi connectivity index (χ2n) is 4.40. The first-order valence-electron chi connectivity index (χ1n) is 6.57. The lowest BCUT2D eigenvalue weighted by Gasteiger charge is -2.14. The Hall–Kier alpha value is -2.28. The predicted octanol–water partition coefficient (Wildman–Crippen LogP) is 0.372. The van der Waals surface area contributed by atoms with Gasteiger partial charge in [0.15, 0.2) is 0 Å². The maximum absolute atomic E-state index is 11.6. The van der Waals surface area contributed by atoms with Crippen LogP contribution < -0.4 is 15.4 Å². The highest BCUT2D eigenvalue weighted by Gasteiger charge is 2.18. The van der Waals surface area contributed by atoms with Crippen LogP contribution in [0.3, 0.4) is 0 Å². The van der Waals surface area contributed by atoms with Gasteiger partial charge in [-0.05, 0) is 24.1 Å². The van der Waals surface area contributed by atoms with Gasteiger partial charge in [0.05, 0.1) is 7.11 Å². The molecular weight excluding hydrogens is 276 g/mol. The fourth-order valence-electron chi connectivity index (χ4n) is 1.74. The number of methoxy groups -OCH3 is 1. The maximum Gasteiger partial charge on any atom is 0.326 e. The summed E-state index contributed by atoms with van der Waals surface area (Å²) in [6.07, 6.45) is 0.570. The van der Waals surface area contributed by atoms with E-state index in [0.717, 1.165) is 11.3 Å². The molecule has 0 aliphatic heterocycles. The van der Waals surface area contributed by atoms with Crippen molar-refractivity contribution in [2.75, 3.05) is 20.3 Å². The monoisotopic (exact) mass is 296 g/mol. The minimum atomic E-state index is -1.17. The number of urea groups is 1. The van der Waals surface area contributed by atoms with E-state index in [1.807, 2.05) is 24.3 Å². The lowest BCUT2D eigenvalue weighted by Crippen LogP contribution is -2.46. The number of rotatable bonds is 8. The van der Waals surface area contributed by atoms with Crippen LogP contribution in [-0.2, 0) is 11.2 Å². The quantitative estimate of drug-likeness (QED) is 0.554. The van der Waals surface area contributed by atoms with E-state index in [0.29, 0.717) is 13.0 Å². The van der Waals surface area contributed by atoms with Crippen molar-refractivity contribution >= 4 is 12.0 Å². The van der Waals surface area contributed by atoms with Gasteiger partial charge in [-0.1, -0.05) is 12.1 Å². The molecule has 0 aliphatic rings. The number of nitrogens with one attached hydrogen (secondary N) is 2. The number of carbonyl (C=O) groups is 2. The molecule has 0 unspecified atom stereocenters. The summed E-state index contributed by atoms with van der Waals surface area (Å²) >= 11 is 0. The summed E-state index contributed by atoms with van der Waals surface area (Å²) in [6.45, 7) is 0.0610. The Balaban J connectivity index is 2.37. The van der Waals surface area contributed by atoms with Gasteiger partial charge in [0, 0.05) is 19.6 Å². The summed E-state index contributed by atoms with van der Waals surface area (Å²) in [5.41, 5.74) is 1.000. The molecule has 0 aliphatic carbocycles. The molecule has 1 atom stereocenters. The lowest BCUT2D eigenvalue weighted by molar-refractivity contribution is -0.139. The Kier molecular flexibility index (Phi) is 7.03. The predicted molar refractivity (Wildman–Crippen MR) is 76.4 cm³/mol. The number of carbonyl (C=O) groups excluding carboxylic acids is 1. The Labute approximate surface area is 122 Å². The first kappa shape index (κ1) is 16.8. The summed E-state index contributed by atoms with van der Waals surface area (Å²) < 4.78 is 5.10.